The molecule has 0 radical (unpaired) electrons. The maximum Gasteiger partial charge on any atom is 0.161 e. The van der Waals surface area contributed by atoms with E-state index in [9.17, 15) is 0 Å². The highest BCUT2D eigenvalue weighted by atomic mass is 15.1. The standard InChI is InChI=1S/C17H22N4/c1-11-4-5-15(10-11)20-16-12(2)13(3)19-17(21-16)14-6-8-18-9-7-14/h6-9,11,15H,4-5,10H2,1-3H3,(H,19,20,21). The van der Waals surface area contributed by atoms with Gasteiger partial charge in [0.05, 0.1) is 0 Å². The van der Waals surface area contributed by atoms with Crippen molar-refractivity contribution in [2.45, 2.75) is 46.1 Å². The molecule has 2 heterocycles. The zero-order valence-electron chi connectivity index (χ0n) is 12.9. The summed E-state index contributed by atoms with van der Waals surface area (Å²) < 4.78 is 0. The van der Waals surface area contributed by atoms with E-state index >= 15 is 0 Å². The first-order chi connectivity index (χ1) is 10.1. The summed E-state index contributed by atoms with van der Waals surface area (Å²) >= 11 is 0. The minimum atomic E-state index is 0.540. The Bertz CT molecular complexity index is 624. The summed E-state index contributed by atoms with van der Waals surface area (Å²) in [6.07, 6.45) is 7.32. The van der Waals surface area contributed by atoms with Gasteiger partial charge in [-0.15, -0.1) is 0 Å². The van der Waals surface area contributed by atoms with Crippen LogP contribution in [0.1, 0.15) is 37.4 Å². The van der Waals surface area contributed by atoms with Gasteiger partial charge in [-0.2, -0.15) is 0 Å². The third-order valence-electron chi connectivity index (χ3n) is 4.36. The van der Waals surface area contributed by atoms with Crippen molar-refractivity contribution in [1.29, 1.82) is 0 Å². The molecule has 2 aromatic heterocycles. The number of anilines is 1. The van der Waals surface area contributed by atoms with Crippen LogP contribution in [0.2, 0.25) is 0 Å². The summed E-state index contributed by atoms with van der Waals surface area (Å²) in [6, 6.07) is 4.44. The first-order valence-electron chi connectivity index (χ1n) is 7.65. The predicted octanol–water partition coefficient (Wildman–Crippen LogP) is 3.76. The van der Waals surface area contributed by atoms with E-state index in [1.807, 2.05) is 19.1 Å². The molecule has 4 heteroatoms. The van der Waals surface area contributed by atoms with Crippen LogP contribution in [-0.2, 0) is 0 Å². The number of pyridine rings is 1. The molecule has 0 bridgehead atoms. The molecule has 2 atom stereocenters. The normalized spacial score (nSPS) is 21.5. The van der Waals surface area contributed by atoms with Crippen molar-refractivity contribution in [3.8, 4) is 11.4 Å². The van der Waals surface area contributed by atoms with Gasteiger partial charge >= 0.3 is 0 Å². The molecular weight excluding hydrogens is 260 g/mol. The highest BCUT2D eigenvalue weighted by Crippen LogP contribution is 2.29. The van der Waals surface area contributed by atoms with Gasteiger partial charge in [0.15, 0.2) is 5.82 Å². The zero-order valence-corrected chi connectivity index (χ0v) is 12.9. The van der Waals surface area contributed by atoms with E-state index in [0.717, 1.165) is 34.4 Å². The fourth-order valence-corrected chi connectivity index (χ4v) is 2.93. The van der Waals surface area contributed by atoms with Crippen molar-refractivity contribution >= 4 is 5.82 Å². The third-order valence-corrected chi connectivity index (χ3v) is 4.36. The smallest absolute Gasteiger partial charge is 0.161 e. The van der Waals surface area contributed by atoms with Gasteiger partial charge in [0.25, 0.3) is 0 Å². The number of nitrogens with one attached hydrogen (secondary N) is 1. The lowest BCUT2D eigenvalue weighted by molar-refractivity contribution is 0.602. The Morgan fingerprint density at radius 2 is 1.86 bits per heavy atom. The SMILES string of the molecule is Cc1nc(-c2ccncc2)nc(NC2CCC(C)C2)c1C. The second-order valence-electron chi connectivity index (χ2n) is 6.10. The molecule has 2 aromatic rings. The molecule has 0 aromatic carbocycles. The summed E-state index contributed by atoms with van der Waals surface area (Å²) in [4.78, 5) is 13.4. The van der Waals surface area contributed by atoms with Crippen LogP contribution in [-0.4, -0.2) is 21.0 Å². The van der Waals surface area contributed by atoms with Crippen LogP contribution in [0.3, 0.4) is 0 Å². The third kappa shape index (κ3) is 3.04. The Kier molecular flexibility index (Phi) is 3.86. The predicted molar refractivity (Wildman–Crippen MR) is 85.2 cm³/mol. The van der Waals surface area contributed by atoms with E-state index in [1.54, 1.807) is 12.4 Å². The average molecular weight is 282 g/mol. The molecule has 0 aliphatic heterocycles. The summed E-state index contributed by atoms with van der Waals surface area (Å²) in [5.41, 5.74) is 3.19. The maximum absolute atomic E-state index is 4.74. The average Bonchev–Trinajstić information content (AvgIpc) is 2.90. The molecule has 1 saturated carbocycles. The zero-order chi connectivity index (χ0) is 14.8. The van der Waals surface area contributed by atoms with Crippen LogP contribution in [0.5, 0.6) is 0 Å². The largest absolute Gasteiger partial charge is 0.367 e. The van der Waals surface area contributed by atoms with Crippen molar-refractivity contribution < 1.29 is 0 Å². The van der Waals surface area contributed by atoms with Crippen molar-refractivity contribution in [2.75, 3.05) is 5.32 Å². The van der Waals surface area contributed by atoms with Crippen LogP contribution >= 0.6 is 0 Å². The summed E-state index contributed by atoms with van der Waals surface area (Å²) in [5.74, 6) is 2.56. The lowest BCUT2D eigenvalue weighted by Crippen LogP contribution is -2.18. The number of rotatable bonds is 3. The van der Waals surface area contributed by atoms with Crippen molar-refractivity contribution in [1.82, 2.24) is 15.0 Å². The molecule has 4 nitrogen and oxygen atoms in total. The Morgan fingerprint density at radius 1 is 1.10 bits per heavy atom. The van der Waals surface area contributed by atoms with Gasteiger partial charge in [0.2, 0.25) is 0 Å². The lowest BCUT2D eigenvalue weighted by Gasteiger charge is -2.17. The molecule has 1 N–H and O–H groups in total. The van der Waals surface area contributed by atoms with Crippen LogP contribution in [0.25, 0.3) is 11.4 Å². The second-order valence-corrected chi connectivity index (χ2v) is 6.10. The molecule has 0 amide bonds. The highest BCUT2D eigenvalue weighted by Gasteiger charge is 2.22. The second kappa shape index (κ2) is 5.80. The topological polar surface area (TPSA) is 50.7 Å². The Labute approximate surface area is 126 Å². The number of hydrogen-bond acceptors (Lipinski definition) is 4. The number of aryl methyl sites for hydroxylation is 1. The number of hydrogen-bond donors (Lipinski definition) is 1. The van der Waals surface area contributed by atoms with Crippen LogP contribution in [0.4, 0.5) is 5.82 Å². The van der Waals surface area contributed by atoms with Crippen LogP contribution < -0.4 is 5.32 Å². The van der Waals surface area contributed by atoms with E-state index in [1.165, 1.54) is 19.3 Å². The number of aromatic nitrogens is 3. The first kappa shape index (κ1) is 14.0. The van der Waals surface area contributed by atoms with E-state index in [-0.39, 0.29) is 0 Å². The van der Waals surface area contributed by atoms with Crippen LogP contribution in [0, 0.1) is 19.8 Å². The lowest BCUT2D eigenvalue weighted by atomic mass is 10.1. The van der Waals surface area contributed by atoms with Crippen molar-refractivity contribution in [3.63, 3.8) is 0 Å². The molecule has 1 aliphatic rings. The molecule has 110 valence electrons. The molecule has 0 spiro atoms. The summed E-state index contributed by atoms with van der Waals surface area (Å²) in [6.45, 7) is 6.46. The maximum atomic E-state index is 4.74. The fourth-order valence-electron chi connectivity index (χ4n) is 2.93. The minimum Gasteiger partial charge on any atom is -0.367 e. The molecule has 0 saturated heterocycles. The Balaban J connectivity index is 1.91. The monoisotopic (exact) mass is 282 g/mol. The molecule has 1 aliphatic carbocycles. The van der Waals surface area contributed by atoms with Gasteiger partial charge in [-0.05, 0) is 51.2 Å². The molecule has 21 heavy (non-hydrogen) atoms. The van der Waals surface area contributed by atoms with Crippen LogP contribution in [0.15, 0.2) is 24.5 Å². The van der Waals surface area contributed by atoms with Gasteiger partial charge in [0.1, 0.15) is 5.82 Å². The minimum absolute atomic E-state index is 0.540. The Hall–Kier alpha value is -1.97. The highest BCUT2D eigenvalue weighted by molar-refractivity contribution is 5.59. The van der Waals surface area contributed by atoms with Gasteiger partial charge in [0, 0.05) is 35.3 Å². The van der Waals surface area contributed by atoms with E-state index < -0.39 is 0 Å². The van der Waals surface area contributed by atoms with Crippen molar-refractivity contribution in [3.05, 3.63) is 35.8 Å². The van der Waals surface area contributed by atoms with Gasteiger partial charge < -0.3 is 5.32 Å². The van der Waals surface area contributed by atoms with Crippen molar-refractivity contribution in [2.24, 2.45) is 5.92 Å². The van der Waals surface area contributed by atoms with E-state index in [2.05, 4.69) is 29.1 Å². The van der Waals surface area contributed by atoms with E-state index in [0.29, 0.717) is 6.04 Å². The Morgan fingerprint density at radius 3 is 2.52 bits per heavy atom. The van der Waals surface area contributed by atoms with E-state index in [4.69, 9.17) is 4.98 Å². The number of nitrogens with zero attached hydrogens (tertiary/aromatic N) is 3. The quantitative estimate of drug-likeness (QED) is 0.931. The molecule has 1 fully saturated rings. The van der Waals surface area contributed by atoms with Gasteiger partial charge in [-0.25, -0.2) is 9.97 Å². The molecule has 3 rings (SSSR count). The van der Waals surface area contributed by atoms with Gasteiger partial charge in [-0.1, -0.05) is 6.92 Å². The fraction of sp³-hybridized carbons (Fsp3) is 0.471. The first-order valence-corrected chi connectivity index (χ1v) is 7.65. The molecular formula is C17H22N4. The van der Waals surface area contributed by atoms with Gasteiger partial charge in [-0.3, -0.25) is 4.98 Å². The molecule has 2 unspecified atom stereocenters. The summed E-state index contributed by atoms with van der Waals surface area (Å²) in [5, 5.41) is 3.62. The summed E-state index contributed by atoms with van der Waals surface area (Å²) in [7, 11) is 0.